The Kier molecular flexibility index (Phi) is 4.62. The third-order valence-corrected chi connectivity index (χ3v) is 2.52. The van der Waals surface area contributed by atoms with Gasteiger partial charge in [-0.2, -0.15) is 0 Å². The Morgan fingerprint density at radius 3 is 2.29 bits per heavy atom. The number of nitrogens with one attached hydrogen (secondary N) is 1. The van der Waals surface area contributed by atoms with E-state index in [-0.39, 0.29) is 0 Å². The average Bonchev–Trinajstić information content (AvgIpc) is 2.38. The number of nitrogens with zero attached hydrogens (tertiary/aromatic N) is 2. The molecule has 0 aliphatic heterocycles. The molecule has 0 fully saturated rings. The molecule has 96 valence electrons. The maximum absolute atomic E-state index is 9.20. The number of ether oxygens (including phenoxy) is 1. The van der Waals surface area contributed by atoms with Gasteiger partial charge in [0.1, 0.15) is 17.7 Å². The Hall–Kier alpha value is -1.44. The van der Waals surface area contributed by atoms with Crippen LogP contribution < -0.4 is 10.1 Å². The van der Waals surface area contributed by atoms with Crippen LogP contribution in [-0.4, -0.2) is 57.8 Å². The molecule has 17 heavy (non-hydrogen) atoms. The van der Waals surface area contributed by atoms with Crippen molar-refractivity contribution in [3.63, 3.8) is 0 Å². The molecule has 1 heterocycles. The normalized spacial score (nSPS) is 11.4. The fraction of sp³-hybridized carbons (Fsp3) is 0.600. The van der Waals surface area contributed by atoms with Gasteiger partial charge < -0.3 is 25.4 Å². The number of aliphatic hydroxyl groups excluding tert-OH is 3. The van der Waals surface area contributed by atoms with E-state index in [2.05, 4.69) is 15.3 Å². The smallest absolute Gasteiger partial charge is 0.221 e. The molecule has 0 atom stereocenters. The van der Waals surface area contributed by atoms with Gasteiger partial charge >= 0.3 is 0 Å². The van der Waals surface area contributed by atoms with E-state index in [9.17, 15) is 15.3 Å². The molecule has 0 amide bonds. The van der Waals surface area contributed by atoms with E-state index in [0.29, 0.717) is 17.3 Å². The van der Waals surface area contributed by atoms with E-state index in [1.165, 1.54) is 13.4 Å². The number of hydrogen-bond acceptors (Lipinski definition) is 7. The van der Waals surface area contributed by atoms with Crippen molar-refractivity contribution in [2.24, 2.45) is 0 Å². The van der Waals surface area contributed by atoms with Gasteiger partial charge in [-0.15, -0.1) is 0 Å². The van der Waals surface area contributed by atoms with E-state index in [1.54, 1.807) is 6.92 Å². The average molecular weight is 243 g/mol. The molecule has 0 aromatic carbocycles. The quantitative estimate of drug-likeness (QED) is 0.503. The maximum atomic E-state index is 9.20. The predicted octanol–water partition coefficient (Wildman–Crippen LogP) is -1.08. The fourth-order valence-corrected chi connectivity index (χ4v) is 1.29. The second-order valence-corrected chi connectivity index (χ2v) is 3.74. The molecule has 4 N–H and O–H groups in total. The van der Waals surface area contributed by atoms with Crippen LogP contribution in [0.2, 0.25) is 0 Å². The van der Waals surface area contributed by atoms with Crippen LogP contribution in [0.4, 0.5) is 5.82 Å². The van der Waals surface area contributed by atoms with Crippen LogP contribution in [0.3, 0.4) is 0 Å². The van der Waals surface area contributed by atoms with Crippen molar-refractivity contribution < 1.29 is 20.1 Å². The highest BCUT2D eigenvalue weighted by molar-refractivity contribution is 5.49. The molecule has 0 aliphatic rings. The molecule has 0 saturated heterocycles. The van der Waals surface area contributed by atoms with Crippen LogP contribution in [0, 0.1) is 6.92 Å². The van der Waals surface area contributed by atoms with Crippen molar-refractivity contribution in [2.75, 3.05) is 32.2 Å². The molecule has 1 rings (SSSR count). The molecule has 1 aromatic rings. The highest BCUT2D eigenvalue weighted by Gasteiger charge is 2.29. The molecule has 0 bridgehead atoms. The summed E-state index contributed by atoms with van der Waals surface area (Å²) in [6.07, 6.45) is 1.30. The lowest BCUT2D eigenvalue weighted by Gasteiger charge is -2.29. The van der Waals surface area contributed by atoms with Crippen molar-refractivity contribution >= 4 is 5.82 Å². The van der Waals surface area contributed by atoms with Crippen LogP contribution in [0.25, 0.3) is 0 Å². The summed E-state index contributed by atoms with van der Waals surface area (Å²) < 4.78 is 5.02. The number of methoxy groups -OCH3 is 1. The van der Waals surface area contributed by atoms with Gasteiger partial charge in [-0.1, -0.05) is 0 Å². The molecule has 0 saturated carbocycles. The van der Waals surface area contributed by atoms with Crippen LogP contribution >= 0.6 is 0 Å². The van der Waals surface area contributed by atoms with Gasteiger partial charge in [0.05, 0.1) is 32.5 Å². The van der Waals surface area contributed by atoms with Crippen molar-refractivity contribution in [2.45, 2.75) is 12.5 Å². The Morgan fingerprint density at radius 1 is 1.24 bits per heavy atom. The molecule has 0 aliphatic carbocycles. The molecule has 7 heteroatoms. The molecule has 0 unspecified atom stereocenters. The van der Waals surface area contributed by atoms with Gasteiger partial charge in [-0.05, 0) is 6.92 Å². The zero-order chi connectivity index (χ0) is 12.9. The summed E-state index contributed by atoms with van der Waals surface area (Å²) in [5.41, 5.74) is -0.584. The van der Waals surface area contributed by atoms with E-state index in [0.717, 1.165) is 0 Å². The lowest BCUT2D eigenvalue weighted by atomic mass is 10.0. The van der Waals surface area contributed by atoms with Gasteiger partial charge in [0.15, 0.2) is 0 Å². The standard InChI is InChI=1S/C10H17N3O4/c1-7-8(11-6-12-9(7)17-2)13-10(3-14,4-15)5-16/h6,14-16H,3-5H2,1-2H3,(H,11,12,13). The zero-order valence-corrected chi connectivity index (χ0v) is 9.84. The van der Waals surface area contributed by atoms with Gasteiger partial charge in [-0.3, -0.25) is 0 Å². The second kappa shape index (κ2) is 5.76. The third kappa shape index (κ3) is 2.82. The highest BCUT2D eigenvalue weighted by Crippen LogP contribution is 2.22. The molecular formula is C10H17N3O4. The minimum atomic E-state index is -1.22. The first-order valence-corrected chi connectivity index (χ1v) is 5.09. The maximum Gasteiger partial charge on any atom is 0.221 e. The first kappa shape index (κ1) is 13.6. The number of anilines is 1. The minimum absolute atomic E-state index is 0.394. The summed E-state index contributed by atoms with van der Waals surface area (Å²) in [4.78, 5) is 7.88. The topological polar surface area (TPSA) is 108 Å². The van der Waals surface area contributed by atoms with Crippen LogP contribution in [0.1, 0.15) is 5.56 Å². The van der Waals surface area contributed by atoms with Gasteiger partial charge in [0.2, 0.25) is 5.88 Å². The first-order chi connectivity index (χ1) is 8.12. The number of rotatable bonds is 6. The first-order valence-electron chi connectivity index (χ1n) is 5.09. The Balaban J connectivity index is 3.01. The summed E-state index contributed by atoms with van der Waals surface area (Å²) in [7, 11) is 1.48. The Morgan fingerprint density at radius 2 is 1.82 bits per heavy atom. The van der Waals surface area contributed by atoms with Crippen LogP contribution in [0.5, 0.6) is 5.88 Å². The summed E-state index contributed by atoms with van der Waals surface area (Å²) in [5.74, 6) is 0.791. The monoisotopic (exact) mass is 243 g/mol. The molecule has 7 nitrogen and oxygen atoms in total. The second-order valence-electron chi connectivity index (χ2n) is 3.74. The van der Waals surface area contributed by atoms with Crippen molar-refractivity contribution in [1.29, 1.82) is 0 Å². The highest BCUT2D eigenvalue weighted by atomic mass is 16.5. The lowest BCUT2D eigenvalue weighted by molar-refractivity contribution is 0.0830. The fourth-order valence-electron chi connectivity index (χ4n) is 1.29. The number of aromatic nitrogens is 2. The minimum Gasteiger partial charge on any atom is -0.481 e. The van der Waals surface area contributed by atoms with E-state index >= 15 is 0 Å². The van der Waals surface area contributed by atoms with E-state index < -0.39 is 25.4 Å². The zero-order valence-electron chi connectivity index (χ0n) is 9.84. The third-order valence-electron chi connectivity index (χ3n) is 2.52. The van der Waals surface area contributed by atoms with Crippen LogP contribution in [-0.2, 0) is 0 Å². The van der Waals surface area contributed by atoms with Crippen molar-refractivity contribution in [3.8, 4) is 5.88 Å². The summed E-state index contributed by atoms with van der Waals surface area (Å²) in [5, 5.41) is 30.4. The molecule has 0 radical (unpaired) electrons. The summed E-state index contributed by atoms with van der Waals surface area (Å²) in [6.45, 7) is 0.460. The Bertz CT molecular complexity index is 360. The molecular weight excluding hydrogens is 226 g/mol. The summed E-state index contributed by atoms with van der Waals surface area (Å²) >= 11 is 0. The van der Waals surface area contributed by atoms with E-state index in [4.69, 9.17) is 4.74 Å². The lowest BCUT2D eigenvalue weighted by Crippen LogP contribution is -2.49. The largest absolute Gasteiger partial charge is 0.481 e. The molecule has 0 spiro atoms. The Labute approximate surface area is 99.1 Å². The SMILES string of the molecule is COc1ncnc(NC(CO)(CO)CO)c1C. The van der Waals surface area contributed by atoms with E-state index in [1.807, 2.05) is 0 Å². The van der Waals surface area contributed by atoms with Crippen molar-refractivity contribution in [1.82, 2.24) is 9.97 Å². The predicted molar refractivity (Wildman–Crippen MR) is 60.9 cm³/mol. The van der Waals surface area contributed by atoms with Crippen molar-refractivity contribution in [3.05, 3.63) is 11.9 Å². The molecule has 1 aromatic heterocycles. The van der Waals surface area contributed by atoms with Gasteiger partial charge in [0.25, 0.3) is 0 Å². The number of hydrogen-bond donors (Lipinski definition) is 4. The van der Waals surface area contributed by atoms with Crippen LogP contribution in [0.15, 0.2) is 6.33 Å². The number of aliphatic hydroxyl groups is 3. The van der Waals surface area contributed by atoms with Gasteiger partial charge in [0, 0.05) is 0 Å². The summed E-state index contributed by atoms with van der Waals surface area (Å²) in [6, 6.07) is 0. The van der Waals surface area contributed by atoms with Gasteiger partial charge in [-0.25, -0.2) is 9.97 Å².